The summed E-state index contributed by atoms with van der Waals surface area (Å²) in [7, 11) is 0. The van der Waals surface area contributed by atoms with Crippen LogP contribution in [0.15, 0.2) is 12.4 Å². The van der Waals surface area contributed by atoms with Gasteiger partial charge in [-0.25, -0.2) is 9.97 Å². The Morgan fingerprint density at radius 1 is 1.56 bits per heavy atom. The summed E-state index contributed by atoms with van der Waals surface area (Å²) in [5.74, 6) is 0.960. The van der Waals surface area contributed by atoms with Crippen LogP contribution < -0.4 is 10.6 Å². The largest absolute Gasteiger partial charge is 0.373 e. The number of rotatable bonds is 2. The molecule has 2 rings (SSSR count). The standard InChI is InChI=1S/C11H18N4O/c1-8-5-11(14-7-13-8)15-3-4-16-10(6-15)9(2)12/h5,7,9-10H,3-4,6,12H2,1-2H3. The number of ether oxygens (including phenoxy) is 1. The molecule has 5 nitrogen and oxygen atoms in total. The highest BCUT2D eigenvalue weighted by Crippen LogP contribution is 2.16. The van der Waals surface area contributed by atoms with E-state index in [2.05, 4.69) is 14.9 Å². The molecule has 2 unspecified atom stereocenters. The summed E-state index contributed by atoms with van der Waals surface area (Å²) in [5.41, 5.74) is 6.83. The van der Waals surface area contributed by atoms with Crippen LogP contribution in [0.1, 0.15) is 12.6 Å². The minimum atomic E-state index is 0.0470. The van der Waals surface area contributed by atoms with E-state index < -0.39 is 0 Å². The molecule has 0 aliphatic carbocycles. The normalized spacial score (nSPS) is 23.2. The van der Waals surface area contributed by atoms with E-state index in [4.69, 9.17) is 10.5 Å². The van der Waals surface area contributed by atoms with Gasteiger partial charge in [-0.05, 0) is 13.8 Å². The van der Waals surface area contributed by atoms with Crippen molar-refractivity contribution in [3.8, 4) is 0 Å². The molecule has 2 atom stereocenters. The maximum atomic E-state index is 5.85. The average Bonchev–Trinajstić information content (AvgIpc) is 2.29. The minimum Gasteiger partial charge on any atom is -0.373 e. The van der Waals surface area contributed by atoms with Crippen LogP contribution in [0.3, 0.4) is 0 Å². The molecule has 2 N–H and O–H groups in total. The zero-order valence-electron chi connectivity index (χ0n) is 9.76. The first-order chi connectivity index (χ1) is 7.66. The fourth-order valence-electron chi connectivity index (χ4n) is 1.82. The van der Waals surface area contributed by atoms with Crippen molar-refractivity contribution in [2.45, 2.75) is 26.0 Å². The first-order valence-corrected chi connectivity index (χ1v) is 5.57. The molecule has 0 bridgehead atoms. The highest BCUT2D eigenvalue weighted by atomic mass is 16.5. The van der Waals surface area contributed by atoms with Gasteiger partial charge in [0.05, 0.1) is 12.7 Å². The lowest BCUT2D eigenvalue weighted by molar-refractivity contribution is 0.0273. The van der Waals surface area contributed by atoms with Gasteiger partial charge in [0.2, 0.25) is 0 Å². The molecule has 1 aliphatic rings. The van der Waals surface area contributed by atoms with Gasteiger partial charge < -0.3 is 15.4 Å². The molecule has 88 valence electrons. The molecule has 0 spiro atoms. The zero-order chi connectivity index (χ0) is 11.5. The van der Waals surface area contributed by atoms with Crippen LogP contribution in [-0.4, -0.2) is 41.8 Å². The van der Waals surface area contributed by atoms with Gasteiger partial charge in [0, 0.05) is 30.9 Å². The van der Waals surface area contributed by atoms with Gasteiger partial charge in [-0.3, -0.25) is 0 Å². The number of aryl methyl sites for hydroxylation is 1. The van der Waals surface area contributed by atoms with Gasteiger partial charge in [-0.1, -0.05) is 0 Å². The van der Waals surface area contributed by atoms with Crippen LogP contribution in [0.25, 0.3) is 0 Å². The van der Waals surface area contributed by atoms with Crippen LogP contribution in [0.5, 0.6) is 0 Å². The Morgan fingerprint density at radius 3 is 3.06 bits per heavy atom. The highest BCUT2D eigenvalue weighted by Gasteiger charge is 2.24. The maximum absolute atomic E-state index is 5.85. The number of hydrogen-bond acceptors (Lipinski definition) is 5. The topological polar surface area (TPSA) is 64.3 Å². The zero-order valence-corrected chi connectivity index (χ0v) is 9.76. The molecule has 0 aromatic carbocycles. The molecule has 2 heterocycles. The molecule has 0 saturated carbocycles. The summed E-state index contributed by atoms with van der Waals surface area (Å²) in [6.07, 6.45) is 1.69. The van der Waals surface area contributed by atoms with Gasteiger partial charge in [0.15, 0.2) is 0 Å². The van der Waals surface area contributed by atoms with E-state index >= 15 is 0 Å². The van der Waals surface area contributed by atoms with Gasteiger partial charge in [-0.2, -0.15) is 0 Å². The summed E-state index contributed by atoms with van der Waals surface area (Å²) in [4.78, 5) is 10.6. The van der Waals surface area contributed by atoms with E-state index in [0.29, 0.717) is 6.61 Å². The number of morpholine rings is 1. The quantitative estimate of drug-likeness (QED) is 0.781. The molecule has 1 aliphatic heterocycles. The molecule has 1 saturated heterocycles. The number of hydrogen-bond donors (Lipinski definition) is 1. The van der Waals surface area contributed by atoms with Crippen molar-refractivity contribution < 1.29 is 4.74 Å². The minimum absolute atomic E-state index is 0.0470. The molecular formula is C11H18N4O. The van der Waals surface area contributed by atoms with Crippen molar-refractivity contribution in [2.24, 2.45) is 5.73 Å². The molecule has 1 aromatic rings. The summed E-state index contributed by atoms with van der Waals surface area (Å²) < 4.78 is 5.61. The Balaban J connectivity index is 2.09. The van der Waals surface area contributed by atoms with Gasteiger partial charge >= 0.3 is 0 Å². The van der Waals surface area contributed by atoms with E-state index in [1.165, 1.54) is 0 Å². The predicted octanol–water partition coefficient (Wildman–Crippen LogP) is 0.337. The van der Waals surface area contributed by atoms with Crippen molar-refractivity contribution in [2.75, 3.05) is 24.6 Å². The summed E-state index contributed by atoms with van der Waals surface area (Å²) in [6.45, 7) is 6.30. The lowest BCUT2D eigenvalue weighted by Crippen LogP contribution is -2.49. The van der Waals surface area contributed by atoms with Crippen molar-refractivity contribution in [1.82, 2.24) is 9.97 Å². The van der Waals surface area contributed by atoms with Crippen LogP contribution in [0.2, 0.25) is 0 Å². The second-order valence-electron chi connectivity index (χ2n) is 4.23. The van der Waals surface area contributed by atoms with E-state index in [1.807, 2.05) is 19.9 Å². The summed E-state index contributed by atoms with van der Waals surface area (Å²) >= 11 is 0. The Hall–Kier alpha value is -1.20. The van der Waals surface area contributed by atoms with Gasteiger partial charge in [-0.15, -0.1) is 0 Å². The Morgan fingerprint density at radius 2 is 2.38 bits per heavy atom. The second kappa shape index (κ2) is 4.76. The van der Waals surface area contributed by atoms with Crippen molar-refractivity contribution in [3.63, 3.8) is 0 Å². The first kappa shape index (κ1) is 11.3. The third-order valence-corrected chi connectivity index (χ3v) is 2.79. The molecule has 1 aromatic heterocycles. The van der Waals surface area contributed by atoms with Crippen LogP contribution >= 0.6 is 0 Å². The van der Waals surface area contributed by atoms with Crippen LogP contribution in [0, 0.1) is 6.92 Å². The Labute approximate surface area is 95.6 Å². The number of aromatic nitrogens is 2. The maximum Gasteiger partial charge on any atom is 0.132 e. The lowest BCUT2D eigenvalue weighted by atomic mass is 10.1. The van der Waals surface area contributed by atoms with Crippen molar-refractivity contribution in [3.05, 3.63) is 18.1 Å². The fraction of sp³-hybridized carbons (Fsp3) is 0.636. The summed E-state index contributed by atoms with van der Waals surface area (Å²) in [5, 5.41) is 0. The molecule has 16 heavy (non-hydrogen) atoms. The van der Waals surface area contributed by atoms with Gasteiger partial charge in [0.1, 0.15) is 12.1 Å². The molecular weight excluding hydrogens is 204 g/mol. The smallest absolute Gasteiger partial charge is 0.132 e. The average molecular weight is 222 g/mol. The van der Waals surface area contributed by atoms with E-state index in [9.17, 15) is 0 Å². The molecule has 5 heteroatoms. The highest BCUT2D eigenvalue weighted by molar-refractivity contribution is 5.39. The Kier molecular flexibility index (Phi) is 3.36. The number of nitrogens with two attached hydrogens (primary N) is 1. The number of anilines is 1. The second-order valence-corrected chi connectivity index (χ2v) is 4.23. The van der Waals surface area contributed by atoms with Gasteiger partial charge in [0.25, 0.3) is 0 Å². The van der Waals surface area contributed by atoms with Crippen molar-refractivity contribution >= 4 is 5.82 Å². The summed E-state index contributed by atoms with van der Waals surface area (Å²) in [6, 6.07) is 2.04. The lowest BCUT2D eigenvalue weighted by Gasteiger charge is -2.35. The monoisotopic (exact) mass is 222 g/mol. The molecule has 0 radical (unpaired) electrons. The SMILES string of the molecule is Cc1cc(N2CCOC(C(C)N)C2)ncn1. The number of nitrogens with zero attached hydrogens (tertiary/aromatic N) is 3. The fourth-order valence-corrected chi connectivity index (χ4v) is 1.82. The van der Waals surface area contributed by atoms with Crippen molar-refractivity contribution in [1.29, 1.82) is 0 Å². The van der Waals surface area contributed by atoms with Crippen LogP contribution in [-0.2, 0) is 4.74 Å². The Bertz CT molecular complexity index is 356. The predicted molar refractivity (Wildman–Crippen MR) is 62.4 cm³/mol. The van der Waals surface area contributed by atoms with E-state index in [0.717, 1.165) is 24.6 Å². The van der Waals surface area contributed by atoms with Crippen LogP contribution in [0.4, 0.5) is 5.82 Å². The van der Waals surface area contributed by atoms with E-state index in [1.54, 1.807) is 6.33 Å². The molecule has 1 fully saturated rings. The first-order valence-electron chi connectivity index (χ1n) is 5.57. The third-order valence-electron chi connectivity index (χ3n) is 2.79. The molecule has 0 amide bonds. The third kappa shape index (κ3) is 2.48. The van der Waals surface area contributed by atoms with E-state index in [-0.39, 0.29) is 12.1 Å².